The van der Waals surface area contributed by atoms with Crippen molar-refractivity contribution in [2.45, 2.75) is 264 Å². The molecule has 0 saturated heterocycles. The van der Waals surface area contributed by atoms with Crippen LogP contribution in [0.5, 0.6) is 0 Å². The first-order valence-corrected chi connectivity index (χ1v) is 61.3. The average molecular weight is 1480 g/mol. The van der Waals surface area contributed by atoms with E-state index >= 15 is 0 Å². The quantitative estimate of drug-likeness (QED) is 0.0230. The maximum absolute atomic E-state index is 14.6. The number of anilines is 4. The lowest BCUT2D eigenvalue weighted by Gasteiger charge is -2.41. The molecular formula is C73H128N4O12Si8. The molecule has 0 saturated carbocycles. The topological polar surface area (TPSA) is 155 Å². The lowest BCUT2D eigenvalue weighted by Crippen LogP contribution is -2.49. The third-order valence-corrected chi connectivity index (χ3v) is 43.4. The molecule has 4 aromatic rings. The minimum atomic E-state index is -2.69. The van der Waals surface area contributed by atoms with Crippen molar-refractivity contribution in [2.24, 2.45) is 0 Å². The SMILES string of the molecule is CC(C)(C)[Si](C)(C)ON(C(=O)OCC[Si](C)(C)C)c1ccc(C(c2ccc(N(O[Si](C)(C)C(C)(C)C)C(=O)OCC[Si](C)(C)C)cc2)(c2ccc(N(O[Si](C)(C)C(C)(C)C)C(=O)OCC[Si](C)(C)C)cc2)c2ccc(N(O[Si](C)(C)C(C)(C)C)C(=O)OCC[Si](C)(C)C)cc2)cc1. The van der Waals surface area contributed by atoms with Crippen LogP contribution in [-0.4, -0.2) is 116 Å². The first kappa shape index (κ1) is 84.9. The van der Waals surface area contributed by atoms with Gasteiger partial charge in [-0.05, 0) is 167 Å². The Bertz CT molecular complexity index is 2800. The summed E-state index contributed by atoms with van der Waals surface area (Å²) in [6, 6.07) is 34.4. The molecular weight excluding hydrogens is 1350 g/mol. The Morgan fingerprint density at radius 2 is 0.412 bits per heavy atom. The van der Waals surface area contributed by atoms with E-state index in [0.29, 0.717) is 22.7 Å². The van der Waals surface area contributed by atoms with Gasteiger partial charge in [0.2, 0.25) is 33.3 Å². The van der Waals surface area contributed by atoms with Crippen LogP contribution < -0.4 is 20.3 Å². The molecule has 544 valence electrons. The van der Waals surface area contributed by atoms with Gasteiger partial charge in [-0.25, -0.2) is 19.2 Å². The number of rotatable bonds is 28. The van der Waals surface area contributed by atoms with E-state index in [9.17, 15) is 19.2 Å². The molecule has 4 aromatic carbocycles. The van der Waals surface area contributed by atoms with Gasteiger partial charge in [-0.2, -0.15) is 20.3 Å². The number of amides is 4. The number of ether oxygens (including phenoxy) is 4. The lowest BCUT2D eigenvalue weighted by atomic mass is 9.65. The summed E-state index contributed by atoms with van der Waals surface area (Å²) >= 11 is 0. The number of nitrogens with zero attached hydrogens (tertiary/aromatic N) is 4. The third-order valence-electron chi connectivity index (χ3n) is 19.6. The molecule has 4 amide bonds. The van der Waals surface area contributed by atoms with Crippen LogP contribution in [0.25, 0.3) is 0 Å². The molecule has 97 heavy (non-hydrogen) atoms. The molecule has 0 radical (unpaired) electrons. The van der Waals surface area contributed by atoms with Crippen molar-refractivity contribution >= 4 is 113 Å². The number of hydroxylamine groups is 4. The van der Waals surface area contributed by atoms with Crippen molar-refractivity contribution in [2.75, 3.05) is 46.7 Å². The van der Waals surface area contributed by atoms with Gasteiger partial charge in [0.1, 0.15) is 0 Å². The number of carbonyl (C=O) groups excluding carboxylic acids is 4. The molecule has 0 aliphatic carbocycles. The average Bonchev–Trinajstić information content (AvgIpc) is 0.744. The van der Waals surface area contributed by atoms with Gasteiger partial charge < -0.3 is 37.1 Å². The summed E-state index contributed by atoms with van der Waals surface area (Å²) in [5.41, 5.74) is 3.71. The van der Waals surface area contributed by atoms with Gasteiger partial charge in [0.05, 0.1) is 54.6 Å². The summed E-state index contributed by atoms with van der Waals surface area (Å²) in [7, 11) is -17.1. The van der Waals surface area contributed by atoms with Crippen molar-refractivity contribution in [3.63, 3.8) is 0 Å². The highest BCUT2D eigenvalue weighted by molar-refractivity contribution is 6.78. The van der Waals surface area contributed by atoms with Crippen LogP contribution >= 0.6 is 0 Å². The summed E-state index contributed by atoms with van der Waals surface area (Å²) in [5, 5.41) is 4.26. The highest BCUT2D eigenvalue weighted by atomic mass is 28.4. The summed E-state index contributed by atoms with van der Waals surface area (Å²) in [4.78, 5) is 58.4. The highest BCUT2D eigenvalue weighted by Crippen LogP contribution is 2.49. The third kappa shape index (κ3) is 23.8. The highest BCUT2D eigenvalue weighted by Gasteiger charge is 2.47. The first-order valence-electron chi connectivity index (χ1n) is 34.8. The molecule has 24 heteroatoms. The Balaban J connectivity index is 2.29. The fraction of sp³-hybridized carbons (Fsp3) is 0.616. The molecule has 0 aromatic heterocycles. The predicted molar refractivity (Wildman–Crippen MR) is 426 cm³/mol. The van der Waals surface area contributed by atoms with E-state index in [4.69, 9.17) is 37.1 Å². The van der Waals surface area contributed by atoms with Crippen molar-refractivity contribution in [3.05, 3.63) is 119 Å². The summed E-state index contributed by atoms with van der Waals surface area (Å²) in [5.74, 6) is 0. The number of hydrogen-bond donors (Lipinski definition) is 0. The van der Waals surface area contributed by atoms with E-state index in [1.54, 1.807) is 0 Å². The van der Waals surface area contributed by atoms with E-state index < -0.39 is 95.4 Å². The maximum Gasteiger partial charge on any atom is 0.437 e. The molecule has 0 fully saturated rings. The molecule has 0 heterocycles. The number of hydrogen-bond acceptors (Lipinski definition) is 12. The van der Waals surface area contributed by atoms with Crippen LogP contribution in [0.4, 0.5) is 41.9 Å². The van der Waals surface area contributed by atoms with Crippen molar-refractivity contribution in [1.82, 2.24) is 0 Å². The molecule has 0 spiro atoms. The van der Waals surface area contributed by atoms with Crippen LogP contribution in [-0.2, 0) is 42.5 Å². The fourth-order valence-electron chi connectivity index (χ4n) is 8.64. The first-order chi connectivity index (χ1) is 43.8. The van der Waals surface area contributed by atoms with Crippen LogP contribution in [0.15, 0.2) is 97.1 Å². The van der Waals surface area contributed by atoms with Crippen LogP contribution in [0, 0.1) is 0 Å². The van der Waals surface area contributed by atoms with Crippen LogP contribution in [0.3, 0.4) is 0 Å². The van der Waals surface area contributed by atoms with Gasteiger partial charge in [-0.3, -0.25) is 0 Å². The Kier molecular flexibility index (Phi) is 27.9. The van der Waals surface area contributed by atoms with E-state index in [1.807, 2.05) is 97.1 Å². The van der Waals surface area contributed by atoms with E-state index in [2.05, 4.69) is 214 Å². The molecule has 4 rings (SSSR count). The summed E-state index contributed by atoms with van der Waals surface area (Å²) in [6.07, 6.45) is -2.39. The molecule has 0 atom stereocenters. The van der Waals surface area contributed by atoms with Gasteiger partial charge in [-0.15, -0.1) is 0 Å². The van der Waals surface area contributed by atoms with Gasteiger partial charge in [0.25, 0.3) is 0 Å². The molecule has 16 nitrogen and oxygen atoms in total. The Hall–Kier alpha value is -4.46. The second-order valence-corrected chi connectivity index (χ2v) is 78.5. The molecule has 0 unspecified atom stereocenters. The minimum Gasteiger partial charge on any atom is -0.448 e. The maximum atomic E-state index is 14.6. The van der Waals surface area contributed by atoms with E-state index in [1.165, 1.54) is 20.3 Å². The summed E-state index contributed by atoms with van der Waals surface area (Å²) in [6.45, 7) is 70.5. The van der Waals surface area contributed by atoms with Gasteiger partial charge in [0, 0.05) is 32.3 Å². The van der Waals surface area contributed by atoms with Crippen molar-refractivity contribution in [3.8, 4) is 0 Å². The Morgan fingerprint density at radius 3 is 0.536 bits per heavy atom. The zero-order chi connectivity index (χ0) is 74.4. The zero-order valence-electron chi connectivity index (χ0n) is 66.1. The van der Waals surface area contributed by atoms with Gasteiger partial charge in [-0.1, -0.05) is 210 Å². The minimum absolute atomic E-state index is 0.257. The van der Waals surface area contributed by atoms with Crippen molar-refractivity contribution in [1.29, 1.82) is 0 Å². The monoisotopic (exact) mass is 1480 g/mol. The zero-order valence-corrected chi connectivity index (χ0v) is 74.1. The van der Waals surface area contributed by atoms with Crippen LogP contribution in [0.2, 0.25) is 175 Å². The lowest BCUT2D eigenvalue weighted by molar-refractivity contribution is 0.126. The van der Waals surface area contributed by atoms with E-state index in [0.717, 1.165) is 46.4 Å². The number of carbonyl (C=O) groups is 4. The molecule has 0 N–H and O–H groups in total. The van der Waals surface area contributed by atoms with E-state index in [-0.39, 0.29) is 46.6 Å². The Morgan fingerprint density at radius 1 is 0.268 bits per heavy atom. The smallest absolute Gasteiger partial charge is 0.437 e. The van der Waals surface area contributed by atoms with Gasteiger partial charge >= 0.3 is 24.4 Å². The fourth-order valence-corrected chi connectivity index (χ4v) is 15.1. The molecule has 0 aliphatic heterocycles. The molecule has 0 aliphatic rings. The van der Waals surface area contributed by atoms with Gasteiger partial charge in [0.15, 0.2) is 0 Å². The standard InChI is InChI=1S/C73H128N4O12Si8/c1-69(2,3)94(25,26)86-74(65(78)82-49-53-90(13,14)15)61-41-33-57(34-42-61)73(58-35-43-62(44-36-58)75(87-95(27,28)70(4,5)6)66(79)83-50-54-91(16,17)18,59-37-45-63(46-38-59)76(88-96(29,30)71(7,8)9)67(80)84-51-55-92(19,20)21)60-39-47-64(48-40-60)77(89-97(31,32)72(10,11)12)68(81)85-52-56-93(22,23)24/h33-48H,49-56H2,1-32H3. The predicted octanol–water partition coefficient (Wildman–Crippen LogP) is 22.9. The second kappa shape index (κ2) is 31.8. The molecule has 0 bridgehead atoms. The number of benzene rings is 4. The van der Waals surface area contributed by atoms with Crippen LogP contribution in [0.1, 0.15) is 105 Å². The normalized spacial score (nSPS) is 13.6. The Labute approximate surface area is 594 Å². The largest absolute Gasteiger partial charge is 0.448 e. The second-order valence-electron chi connectivity index (χ2n) is 37.2. The van der Waals surface area contributed by atoms with Crippen molar-refractivity contribution < 1.29 is 56.2 Å². The summed E-state index contributed by atoms with van der Waals surface area (Å²) < 4.78 is 52.0.